The number of unbranched alkanes of at least 4 members (excludes halogenated alkanes) is 5. The second-order valence-electron chi connectivity index (χ2n) is 12.5. The van der Waals surface area contributed by atoms with Gasteiger partial charge in [-0.25, -0.2) is 0 Å². The zero-order chi connectivity index (χ0) is 25.9. The number of aldehydes is 1. The summed E-state index contributed by atoms with van der Waals surface area (Å²) in [5.41, 5.74) is 5.62. The fourth-order valence-corrected chi connectivity index (χ4v) is 7.20. The van der Waals surface area contributed by atoms with Crippen molar-refractivity contribution < 1.29 is 4.79 Å². The Balaban J connectivity index is 1.25. The predicted molar refractivity (Wildman–Crippen MR) is 159 cm³/mol. The topological polar surface area (TPSA) is 17.1 Å². The van der Waals surface area contributed by atoms with Crippen LogP contribution in [0.25, 0.3) is 11.1 Å². The maximum atomic E-state index is 11.8. The summed E-state index contributed by atoms with van der Waals surface area (Å²) in [6.45, 7) is 4.53. The summed E-state index contributed by atoms with van der Waals surface area (Å²) in [4.78, 5) is 11.8. The molecule has 0 N–H and O–H groups in total. The van der Waals surface area contributed by atoms with E-state index in [-0.39, 0.29) is 5.41 Å². The van der Waals surface area contributed by atoms with Gasteiger partial charge in [0, 0.05) is 5.41 Å². The van der Waals surface area contributed by atoms with Crippen molar-refractivity contribution in [3.8, 4) is 11.1 Å². The molecule has 2 fully saturated rings. The van der Waals surface area contributed by atoms with Crippen LogP contribution >= 0.6 is 0 Å². The number of benzene rings is 2. The molecular formula is C36H52O. The molecule has 202 valence electrons. The van der Waals surface area contributed by atoms with E-state index in [2.05, 4.69) is 62.4 Å². The normalized spacial score (nSPS) is 26.2. The van der Waals surface area contributed by atoms with Crippen LogP contribution < -0.4 is 0 Å². The molecule has 0 spiro atoms. The van der Waals surface area contributed by atoms with Gasteiger partial charge < -0.3 is 4.79 Å². The van der Waals surface area contributed by atoms with Crippen molar-refractivity contribution >= 4 is 6.29 Å². The Morgan fingerprint density at radius 3 is 1.68 bits per heavy atom. The summed E-state index contributed by atoms with van der Waals surface area (Å²) in [5, 5.41) is 0. The summed E-state index contributed by atoms with van der Waals surface area (Å²) in [7, 11) is 0. The maximum absolute atomic E-state index is 11.8. The van der Waals surface area contributed by atoms with Gasteiger partial charge in [-0.05, 0) is 97.8 Å². The molecule has 2 saturated carbocycles. The average Bonchev–Trinajstić information content (AvgIpc) is 2.97. The fourth-order valence-electron chi connectivity index (χ4n) is 7.20. The first-order valence-electron chi connectivity index (χ1n) is 15.8. The number of hydrogen-bond donors (Lipinski definition) is 0. The number of carbonyl (C=O) groups excluding carboxylic acids is 1. The van der Waals surface area contributed by atoms with Crippen LogP contribution in [0.2, 0.25) is 0 Å². The van der Waals surface area contributed by atoms with Crippen LogP contribution in [0.3, 0.4) is 0 Å². The molecule has 0 radical (unpaired) electrons. The summed E-state index contributed by atoms with van der Waals surface area (Å²) in [6, 6.07) is 18.8. The largest absolute Gasteiger partial charge is 0.303 e. The molecular weight excluding hydrogens is 448 g/mol. The molecule has 0 amide bonds. The van der Waals surface area contributed by atoms with Gasteiger partial charge >= 0.3 is 0 Å². The van der Waals surface area contributed by atoms with Crippen LogP contribution in [0.15, 0.2) is 48.5 Å². The first kappa shape index (κ1) is 28.1. The lowest BCUT2D eigenvalue weighted by Gasteiger charge is -2.36. The molecule has 37 heavy (non-hydrogen) atoms. The Hall–Kier alpha value is -1.89. The first-order chi connectivity index (χ1) is 18.2. The highest BCUT2D eigenvalue weighted by Crippen LogP contribution is 2.45. The molecule has 0 aliphatic heterocycles. The van der Waals surface area contributed by atoms with Crippen molar-refractivity contribution in [1.29, 1.82) is 0 Å². The zero-order valence-corrected chi connectivity index (χ0v) is 23.9. The quantitative estimate of drug-likeness (QED) is 0.197. The molecule has 2 aromatic rings. The van der Waals surface area contributed by atoms with Gasteiger partial charge in [-0.1, -0.05) is 114 Å². The lowest BCUT2D eigenvalue weighted by molar-refractivity contribution is -0.118. The van der Waals surface area contributed by atoms with Crippen molar-refractivity contribution in [2.24, 2.45) is 11.3 Å². The molecule has 2 aliphatic carbocycles. The van der Waals surface area contributed by atoms with E-state index in [4.69, 9.17) is 0 Å². The highest BCUT2D eigenvalue weighted by atomic mass is 16.1. The van der Waals surface area contributed by atoms with E-state index < -0.39 is 0 Å². The van der Waals surface area contributed by atoms with Gasteiger partial charge in [-0.3, -0.25) is 0 Å². The summed E-state index contributed by atoms with van der Waals surface area (Å²) < 4.78 is 0. The second-order valence-corrected chi connectivity index (χ2v) is 12.5. The van der Waals surface area contributed by atoms with E-state index in [9.17, 15) is 4.79 Å². The average molecular weight is 501 g/mol. The van der Waals surface area contributed by atoms with Crippen molar-refractivity contribution in [1.82, 2.24) is 0 Å². The van der Waals surface area contributed by atoms with E-state index in [1.54, 1.807) is 5.56 Å². The molecule has 4 rings (SSSR count). The highest BCUT2D eigenvalue weighted by molar-refractivity contribution is 5.64. The van der Waals surface area contributed by atoms with Crippen LogP contribution in [-0.2, 0) is 4.79 Å². The third-order valence-corrected chi connectivity index (χ3v) is 9.92. The molecule has 0 bridgehead atoms. The van der Waals surface area contributed by atoms with Gasteiger partial charge in [-0.2, -0.15) is 0 Å². The van der Waals surface area contributed by atoms with Gasteiger partial charge in [0.15, 0.2) is 0 Å². The van der Waals surface area contributed by atoms with Crippen LogP contribution in [0.5, 0.6) is 0 Å². The number of rotatable bonds is 13. The van der Waals surface area contributed by atoms with Crippen molar-refractivity contribution in [3.63, 3.8) is 0 Å². The van der Waals surface area contributed by atoms with Crippen LogP contribution in [-0.4, -0.2) is 6.29 Å². The van der Waals surface area contributed by atoms with Crippen molar-refractivity contribution in [2.45, 2.75) is 135 Å². The van der Waals surface area contributed by atoms with Gasteiger partial charge in [-0.15, -0.1) is 0 Å². The fraction of sp³-hybridized carbons (Fsp3) is 0.639. The maximum Gasteiger partial charge on any atom is 0.126 e. The van der Waals surface area contributed by atoms with Crippen LogP contribution in [0.4, 0.5) is 0 Å². The van der Waals surface area contributed by atoms with E-state index in [0.717, 1.165) is 43.9 Å². The monoisotopic (exact) mass is 500 g/mol. The molecule has 0 unspecified atom stereocenters. The highest BCUT2D eigenvalue weighted by Gasteiger charge is 2.34. The number of carbonyl (C=O) groups is 1. The molecule has 0 heterocycles. The van der Waals surface area contributed by atoms with Crippen LogP contribution in [0, 0.1) is 11.3 Å². The lowest BCUT2D eigenvalue weighted by atomic mass is 9.67. The van der Waals surface area contributed by atoms with Crippen molar-refractivity contribution in [2.75, 3.05) is 0 Å². The van der Waals surface area contributed by atoms with Crippen molar-refractivity contribution in [3.05, 3.63) is 59.7 Å². The van der Waals surface area contributed by atoms with Gasteiger partial charge in [0.05, 0.1) is 0 Å². The van der Waals surface area contributed by atoms with E-state index in [0.29, 0.717) is 5.92 Å². The van der Waals surface area contributed by atoms with Crippen LogP contribution in [0.1, 0.15) is 146 Å². The summed E-state index contributed by atoms with van der Waals surface area (Å²) in [5.74, 6) is 2.35. The third-order valence-electron chi connectivity index (χ3n) is 9.92. The standard InChI is InChI=1S/C36H52O/c1-3-5-7-8-9-10-29-11-13-30(14-12-29)31-15-17-32(18-16-31)33-19-21-34(22-20-33)35-23-26-36(28-37,27-24-35)25-6-4-2/h15-22,28-30,35H,3-14,23-27H2,1-2H3. The molecule has 0 atom stereocenters. The Morgan fingerprint density at radius 2 is 1.16 bits per heavy atom. The SMILES string of the molecule is CCCCCCCC1CCC(c2ccc(-c3ccc(C4CCC(C=O)(CCCC)CC4)cc3)cc2)CC1. The minimum absolute atomic E-state index is 0.0400. The van der Waals surface area contributed by atoms with E-state index in [1.165, 1.54) is 100 Å². The molecule has 2 aliphatic rings. The smallest absolute Gasteiger partial charge is 0.126 e. The first-order valence-corrected chi connectivity index (χ1v) is 15.8. The Morgan fingerprint density at radius 1 is 0.649 bits per heavy atom. The third kappa shape index (κ3) is 7.81. The van der Waals surface area contributed by atoms with Gasteiger partial charge in [0.2, 0.25) is 0 Å². The number of hydrogen-bond acceptors (Lipinski definition) is 1. The minimum atomic E-state index is -0.0400. The molecule has 0 aromatic heterocycles. The molecule has 1 nitrogen and oxygen atoms in total. The minimum Gasteiger partial charge on any atom is -0.303 e. The Labute approximate surface area is 227 Å². The summed E-state index contributed by atoms with van der Waals surface area (Å²) in [6.07, 6.45) is 23.3. The van der Waals surface area contributed by atoms with Gasteiger partial charge in [0.25, 0.3) is 0 Å². The van der Waals surface area contributed by atoms with E-state index in [1.807, 2.05) is 0 Å². The second kappa shape index (κ2) is 14.3. The summed E-state index contributed by atoms with van der Waals surface area (Å²) >= 11 is 0. The molecule has 0 saturated heterocycles. The zero-order valence-electron chi connectivity index (χ0n) is 23.9. The Kier molecular flexibility index (Phi) is 10.9. The molecule has 1 heteroatoms. The van der Waals surface area contributed by atoms with Gasteiger partial charge in [0.1, 0.15) is 6.29 Å². The van der Waals surface area contributed by atoms with E-state index >= 15 is 0 Å². The lowest BCUT2D eigenvalue weighted by Crippen LogP contribution is -2.28. The Bertz CT molecular complexity index is 908. The molecule has 2 aromatic carbocycles. The predicted octanol–water partition coefficient (Wildman–Crippen LogP) is 11.0.